The zero-order valence-corrected chi connectivity index (χ0v) is 13.0. The van der Waals surface area contributed by atoms with Crippen molar-refractivity contribution in [3.8, 4) is 0 Å². The standard InChI is InChI=1S/C12H28N2OP/c1-9(2)13(10(3)4)16(15)14(11(5)6)12(7)8/h9-12H,1-8H3/q-1. The Kier molecular flexibility index (Phi) is 7.04. The Hall–Kier alpha value is 0.310. The molecule has 0 fully saturated rings. The normalized spacial score (nSPS) is 13.5. The predicted octanol–water partition coefficient (Wildman–Crippen LogP) is 2.81. The molecule has 0 amide bonds. The van der Waals surface area contributed by atoms with E-state index in [0.717, 1.165) is 0 Å². The summed E-state index contributed by atoms with van der Waals surface area (Å²) in [7, 11) is -1.45. The smallest absolute Gasteiger partial charge is 0.00808 e. The van der Waals surface area contributed by atoms with Gasteiger partial charge in [-0.2, -0.15) is 0 Å². The van der Waals surface area contributed by atoms with Crippen molar-refractivity contribution in [1.29, 1.82) is 0 Å². The highest BCUT2D eigenvalue weighted by molar-refractivity contribution is 7.44. The van der Waals surface area contributed by atoms with Gasteiger partial charge in [0.25, 0.3) is 0 Å². The van der Waals surface area contributed by atoms with Crippen molar-refractivity contribution in [1.82, 2.24) is 9.34 Å². The lowest BCUT2D eigenvalue weighted by atomic mass is 10.3. The van der Waals surface area contributed by atoms with Gasteiger partial charge in [-0.15, -0.1) is 0 Å². The lowest BCUT2D eigenvalue weighted by Gasteiger charge is -2.51. The van der Waals surface area contributed by atoms with Crippen molar-refractivity contribution in [2.45, 2.75) is 79.6 Å². The van der Waals surface area contributed by atoms with Crippen LogP contribution in [0.3, 0.4) is 0 Å². The molecule has 0 bridgehead atoms. The second-order valence-corrected chi connectivity index (χ2v) is 6.82. The first-order chi connectivity index (χ1) is 7.20. The minimum atomic E-state index is -1.45. The highest BCUT2D eigenvalue weighted by Gasteiger charge is 2.24. The molecule has 0 saturated carbocycles. The average Bonchev–Trinajstić information content (AvgIpc) is 1.99. The van der Waals surface area contributed by atoms with Gasteiger partial charge in [0.2, 0.25) is 0 Å². The maximum Gasteiger partial charge on any atom is 0.00808 e. The minimum absolute atomic E-state index is 0.309. The van der Waals surface area contributed by atoms with Gasteiger partial charge in [0.15, 0.2) is 0 Å². The van der Waals surface area contributed by atoms with Crippen LogP contribution in [0.5, 0.6) is 0 Å². The molecule has 0 N–H and O–H groups in total. The Bertz CT molecular complexity index is 159. The maximum absolute atomic E-state index is 12.6. The van der Waals surface area contributed by atoms with E-state index >= 15 is 0 Å². The van der Waals surface area contributed by atoms with Gasteiger partial charge >= 0.3 is 0 Å². The van der Waals surface area contributed by atoms with Crippen LogP contribution in [-0.4, -0.2) is 33.5 Å². The van der Waals surface area contributed by atoms with E-state index in [1.54, 1.807) is 0 Å². The van der Waals surface area contributed by atoms with Crippen LogP contribution in [0, 0.1) is 0 Å². The molecular formula is C12H28N2OP-. The first kappa shape index (κ1) is 16.3. The van der Waals surface area contributed by atoms with E-state index < -0.39 is 8.45 Å². The molecule has 98 valence electrons. The first-order valence-electron chi connectivity index (χ1n) is 6.23. The lowest BCUT2D eigenvalue weighted by molar-refractivity contribution is -0.188. The van der Waals surface area contributed by atoms with Crippen molar-refractivity contribution in [2.24, 2.45) is 0 Å². The summed E-state index contributed by atoms with van der Waals surface area (Å²) < 4.78 is 4.19. The SMILES string of the molecule is CC(C)N(C(C)C)P([O-])N(C(C)C)C(C)C. The van der Waals surface area contributed by atoms with Gasteiger partial charge in [0, 0.05) is 24.2 Å². The van der Waals surface area contributed by atoms with Crippen LogP contribution in [0.4, 0.5) is 0 Å². The van der Waals surface area contributed by atoms with E-state index in [2.05, 4.69) is 64.7 Å². The summed E-state index contributed by atoms with van der Waals surface area (Å²) in [6.07, 6.45) is 0. The van der Waals surface area contributed by atoms with Gasteiger partial charge in [-0.1, -0.05) is 8.45 Å². The van der Waals surface area contributed by atoms with Crippen molar-refractivity contribution < 1.29 is 4.89 Å². The highest BCUT2D eigenvalue weighted by atomic mass is 31.2. The largest absolute Gasteiger partial charge is 0.806 e. The number of hydrogen-bond donors (Lipinski definition) is 0. The molecule has 3 nitrogen and oxygen atoms in total. The number of rotatable bonds is 6. The maximum atomic E-state index is 12.6. The molecule has 0 aliphatic rings. The third-order valence-electron chi connectivity index (χ3n) is 2.51. The minimum Gasteiger partial charge on any atom is -0.806 e. The van der Waals surface area contributed by atoms with Crippen LogP contribution in [0.1, 0.15) is 55.4 Å². The molecule has 0 aromatic heterocycles. The van der Waals surface area contributed by atoms with Crippen molar-refractivity contribution in [2.75, 3.05) is 0 Å². The third kappa shape index (κ3) is 4.29. The monoisotopic (exact) mass is 247 g/mol. The lowest BCUT2D eigenvalue weighted by Crippen LogP contribution is -2.46. The van der Waals surface area contributed by atoms with Crippen LogP contribution < -0.4 is 4.89 Å². The van der Waals surface area contributed by atoms with Gasteiger partial charge in [-0.05, 0) is 55.4 Å². The second-order valence-electron chi connectivity index (χ2n) is 5.39. The van der Waals surface area contributed by atoms with Gasteiger partial charge in [-0.3, -0.25) is 9.34 Å². The van der Waals surface area contributed by atoms with Gasteiger partial charge in [0.1, 0.15) is 0 Å². The summed E-state index contributed by atoms with van der Waals surface area (Å²) >= 11 is 0. The molecule has 0 saturated heterocycles. The Morgan fingerprint density at radius 1 is 0.625 bits per heavy atom. The fourth-order valence-electron chi connectivity index (χ4n) is 2.10. The summed E-state index contributed by atoms with van der Waals surface area (Å²) in [5.41, 5.74) is 0. The fourth-order valence-corrected chi connectivity index (χ4v) is 3.92. The summed E-state index contributed by atoms with van der Waals surface area (Å²) in [6.45, 7) is 16.8. The number of hydrogen-bond acceptors (Lipinski definition) is 3. The Labute approximate surface area is 103 Å². The average molecular weight is 247 g/mol. The second kappa shape index (κ2) is 6.90. The molecule has 0 unspecified atom stereocenters. The van der Waals surface area contributed by atoms with E-state index in [1.165, 1.54) is 0 Å². The number of nitrogens with zero attached hydrogens (tertiary/aromatic N) is 2. The summed E-state index contributed by atoms with van der Waals surface area (Å²) in [5.74, 6) is 0. The molecule has 0 radical (unpaired) electrons. The van der Waals surface area contributed by atoms with E-state index in [0.29, 0.717) is 24.2 Å². The summed E-state index contributed by atoms with van der Waals surface area (Å²) in [5, 5.41) is 0. The molecule has 0 aromatic rings. The summed E-state index contributed by atoms with van der Waals surface area (Å²) in [4.78, 5) is 12.6. The van der Waals surface area contributed by atoms with Gasteiger partial charge in [0.05, 0.1) is 0 Å². The van der Waals surface area contributed by atoms with Crippen LogP contribution in [0.25, 0.3) is 0 Å². The van der Waals surface area contributed by atoms with Crippen LogP contribution in [-0.2, 0) is 0 Å². The molecule has 0 rings (SSSR count). The molecule has 0 aromatic carbocycles. The summed E-state index contributed by atoms with van der Waals surface area (Å²) in [6, 6.07) is 1.24. The predicted molar refractivity (Wildman–Crippen MR) is 71.1 cm³/mol. The van der Waals surface area contributed by atoms with Gasteiger partial charge in [-0.25, -0.2) is 0 Å². The van der Waals surface area contributed by atoms with Gasteiger partial charge < -0.3 is 4.89 Å². The quantitative estimate of drug-likeness (QED) is 0.676. The molecule has 16 heavy (non-hydrogen) atoms. The molecule has 0 atom stereocenters. The van der Waals surface area contributed by atoms with E-state index in [-0.39, 0.29) is 0 Å². The molecule has 4 heteroatoms. The van der Waals surface area contributed by atoms with E-state index in [1.807, 2.05) is 0 Å². The van der Waals surface area contributed by atoms with E-state index in [9.17, 15) is 4.89 Å². The molecule has 0 aliphatic heterocycles. The molecular weight excluding hydrogens is 219 g/mol. The Morgan fingerprint density at radius 2 is 0.812 bits per heavy atom. The Morgan fingerprint density at radius 3 is 0.938 bits per heavy atom. The zero-order chi connectivity index (χ0) is 13.0. The topological polar surface area (TPSA) is 29.5 Å². The van der Waals surface area contributed by atoms with Crippen LogP contribution in [0.2, 0.25) is 0 Å². The Balaban J connectivity index is 4.88. The van der Waals surface area contributed by atoms with Crippen LogP contribution >= 0.6 is 8.45 Å². The zero-order valence-electron chi connectivity index (χ0n) is 12.1. The van der Waals surface area contributed by atoms with E-state index in [4.69, 9.17) is 0 Å². The van der Waals surface area contributed by atoms with Crippen molar-refractivity contribution in [3.05, 3.63) is 0 Å². The van der Waals surface area contributed by atoms with Crippen molar-refractivity contribution >= 4 is 8.45 Å². The van der Waals surface area contributed by atoms with Crippen LogP contribution in [0.15, 0.2) is 0 Å². The first-order valence-corrected chi connectivity index (χ1v) is 7.40. The third-order valence-corrected chi connectivity index (χ3v) is 5.15. The fraction of sp³-hybridized carbons (Fsp3) is 1.00. The molecule has 0 spiro atoms. The molecule has 0 heterocycles. The van der Waals surface area contributed by atoms with Crippen molar-refractivity contribution in [3.63, 3.8) is 0 Å². The molecule has 0 aliphatic carbocycles. The highest BCUT2D eigenvalue weighted by Crippen LogP contribution is 2.42.